The molecule has 0 aliphatic carbocycles. The number of aromatic nitrogens is 2. The Labute approximate surface area is 121 Å². The van der Waals surface area contributed by atoms with Gasteiger partial charge < -0.3 is 14.8 Å². The van der Waals surface area contributed by atoms with Gasteiger partial charge in [0.1, 0.15) is 0 Å². The number of imidazole rings is 1. The van der Waals surface area contributed by atoms with Crippen molar-refractivity contribution in [3.8, 4) is 5.69 Å². The number of nitrogens with one attached hydrogen (secondary N) is 1. The summed E-state index contributed by atoms with van der Waals surface area (Å²) in [6, 6.07) is 6.49. The van der Waals surface area contributed by atoms with E-state index in [2.05, 4.69) is 72.8 Å². The number of rotatable bonds is 4. The SMILES string of the molecule is CNC(C)(C)c1cncn1-c1ccc(C)c(N(C)C)c1. The van der Waals surface area contributed by atoms with Gasteiger partial charge in [-0.05, 0) is 45.5 Å². The third-order valence-corrected chi connectivity index (χ3v) is 3.86. The molecular weight excluding hydrogens is 248 g/mol. The Hall–Kier alpha value is -1.81. The van der Waals surface area contributed by atoms with Crippen molar-refractivity contribution in [1.82, 2.24) is 14.9 Å². The number of nitrogens with zero attached hydrogens (tertiary/aromatic N) is 3. The molecule has 1 aromatic heterocycles. The van der Waals surface area contributed by atoms with E-state index in [0.29, 0.717) is 0 Å². The van der Waals surface area contributed by atoms with Crippen LogP contribution in [0.25, 0.3) is 5.69 Å². The standard InChI is InChI=1S/C16H24N4/c1-12-7-8-13(9-14(12)19(5)6)20-11-18-10-15(20)16(2,3)17-4/h7-11,17H,1-6H3. The van der Waals surface area contributed by atoms with Crippen LogP contribution in [0.15, 0.2) is 30.7 Å². The van der Waals surface area contributed by atoms with E-state index in [0.717, 1.165) is 11.4 Å². The van der Waals surface area contributed by atoms with Crippen molar-refractivity contribution in [3.63, 3.8) is 0 Å². The largest absolute Gasteiger partial charge is 0.377 e. The maximum atomic E-state index is 4.32. The zero-order chi connectivity index (χ0) is 14.9. The van der Waals surface area contributed by atoms with Crippen LogP contribution in [0.2, 0.25) is 0 Å². The number of aryl methyl sites for hydroxylation is 1. The zero-order valence-corrected chi connectivity index (χ0v) is 13.2. The Morgan fingerprint density at radius 1 is 1.25 bits per heavy atom. The summed E-state index contributed by atoms with van der Waals surface area (Å²) >= 11 is 0. The van der Waals surface area contributed by atoms with Gasteiger partial charge in [0, 0.05) is 25.5 Å². The molecule has 1 aromatic carbocycles. The van der Waals surface area contributed by atoms with Crippen molar-refractivity contribution in [2.45, 2.75) is 26.3 Å². The molecule has 0 spiro atoms. The molecule has 1 heterocycles. The zero-order valence-electron chi connectivity index (χ0n) is 13.2. The molecular formula is C16H24N4. The van der Waals surface area contributed by atoms with Gasteiger partial charge in [0.2, 0.25) is 0 Å². The minimum absolute atomic E-state index is 0.125. The summed E-state index contributed by atoms with van der Waals surface area (Å²) in [4.78, 5) is 6.46. The van der Waals surface area contributed by atoms with Crippen molar-refractivity contribution in [3.05, 3.63) is 42.0 Å². The van der Waals surface area contributed by atoms with Gasteiger partial charge in [0.15, 0.2) is 0 Å². The first-order valence-electron chi connectivity index (χ1n) is 6.87. The summed E-state index contributed by atoms with van der Waals surface area (Å²) in [5.41, 5.74) is 4.65. The maximum absolute atomic E-state index is 4.32. The van der Waals surface area contributed by atoms with Crippen molar-refractivity contribution in [1.29, 1.82) is 0 Å². The third kappa shape index (κ3) is 2.56. The van der Waals surface area contributed by atoms with Crippen LogP contribution in [0.3, 0.4) is 0 Å². The predicted octanol–water partition coefficient (Wildman–Crippen LogP) is 2.70. The molecule has 108 valence electrons. The van der Waals surface area contributed by atoms with Gasteiger partial charge in [-0.3, -0.25) is 0 Å². The summed E-state index contributed by atoms with van der Waals surface area (Å²) in [5.74, 6) is 0. The quantitative estimate of drug-likeness (QED) is 0.929. The highest BCUT2D eigenvalue weighted by atomic mass is 15.1. The van der Waals surface area contributed by atoms with Crippen LogP contribution in [-0.4, -0.2) is 30.7 Å². The normalized spacial score (nSPS) is 11.7. The monoisotopic (exact) mass is 272 g/mol. The molecule has 0 radical (unpaired) electrons. The molecule has 0 aliphatic rings. The molecule has 4 nitrogen and oxygen atoms in total. The lowest BCUT2D eigenvalue weighted by atomic mass is 10.0. The Morgan fingerprint density at radius 2 is 1.95 bits per heavy atom. The third-order valence-electron chi connectivity index (χ3n) is 3.86. The summed E-state index contributed by atoms with van der Waals surface area (Å²) in [6.07, 6.45) is 3.80. The number of anilines is 1. The van der Waals surface area contributed by atoms with Gasteiger partial charge in [0.05, 0.1) is 23.8 Å². The molecule has 0 atom stereocenters. The maximum Gasteiger partial charge on any atom is 0.0994 e. The van der Waals surface area contributed by atoms with Gasteiger partial charge in [-0.2, -0.15) is 0 Å². The summed E-state index contributed by atoms with van der Waals surface area (Å²) in [7, 11) is 6.11. The molecule has 1 N–H and O–H groups in total. The lowest BCUT2D eigenvalue weighted by molar-refractivity contribution is 0.425. The average molecular weight is 272 g/mol. The fraction of sp³-hybridized carbons (Fsp3) is 0.438. The predicted molar refractivity (Wildman–Crippen MR) is 84.7 cm³/mol. The average Bonchev–Trinajstić information content (AvgIpc) is 2.89. The van der Waals surface area contributed by atoms with Crippen LogP contribution < -0.4 is 10.2 Å². The Kier molecular flexibility index (Phi) is 3.86. The summed E-state index contributed by atoms with van der Waals surface area (Å²) in [5, 5.41) is 3.33. The topological polar surface area (TPSA) is 33.1 Å². The second-order valence-electron chi connectivity index (χ2n) is 5.89. The van der Waals surface area contributed by atoms with E-state index in [9.17, 15) is 0 Å². The lowest BCUT2D eigenvalue weighted by Gasteiger charge is -2.26. The molecule has 0 fully saturated rings. The molecule has 0 aliphatic heterocycles. The van der Waals surface area contributed by atoms with Crippen LogP contribution in [0.1, 0.15) is 25.1 Å². The van der Waals surface area contributed by atoms with Crippen LogP contribution in [0.5, 0.6) is 0 Å². The van der Waals surface area contributed by atoms with Crippen LogP contribution in [0.4, 0.5) is 5.69 Å². The van der Waals surface area contributed by atoms with E-state index in [1.54, 1.807) is 0 Å². The van der Waals surface area contributed by atoms with E-state index < -0.39 is 0 Å². The minimum Gasteiger partial charge on any atom is -0.377 e. The first kappa shape index (κ1) is 14.6. The van der Waals surface area contributed by atoms with Crippen LogP contribution >= 0.6 is 0 Å². The van der Waals surface area contributed by atoms with Crippen LogP contribution in [0, 0.1) is 6.92 Å². The molecule has 0 amide bonds. The molecule has 2 aromatic rings. The second-order valence-corrected chi connectivity index (χ2v) is 5.89. The molecule has 0 unspecified atom stereocenters. The van der Waals surface area contributed by atoms with E-state index in [-0.39, 0.29) is 5.54 Å². The highest BCUT2D eigenvalue weighted by Crippen LogP contribution is 2.26. The van der Waals surface area contributed by atoms with Gasteiger partial charge >= 0.3 is 0 Å². The van der Waals surface area contributed by atoms with E-state index in [4.69, 9.17) is 0 Å². The molecule has 0 saturated heterocycles. The highest BCUT2D eigenvalue weighted by Gasteiger charge is 2.23. The number of benzene rings is 1. The number of hydrogen-bond acceptors (Lipinski definition) is 3. The fourth-order valence-electron chi connectivity index (χ4n) is 2.32. The molecule has 20 heavy (non-hydrogen) atoms. The molecule has 0 bridgehead atoms. The summed E-state index contributed by atoms with van der Waals surface area (Å²) < 4.78 is 2.14. The van der Waals surface area contributed by atoms with Gasteiger partial charge in [0.25, 0.3) is 0 Å². The van der Waals surface area contributed by atoms with Crippen molar-refractivity contribution >= 4 is 5.69 Å². The van der Waals surface area contributed by atoms with Gasteiger partial charge in [-0.15, -0.1) is 0 Å². The van der Waals surface area contributed by atoms with Gasteiger partial charge in [-0.1, -0.05) is 6.07 Å². The minimum atomic E-state index is -0.125. The fourth-order valence-corrected chi connectivity index (χ4v) is 2.32. The van der Waals surface area contributed by atoms with E-state index in [1.807, 2.05) is 19.6 Å². The Bertz CT molecular complexity index is 596. The molecule has 4 heteroatoms. The van der Waals surface area contributed by atoms with E-state index >= 15 is 0 Å². The molecule has 0 saturated carbocycles. The molecule has 2 rings (SSSR count). The van der Waals surface area contributed by atoms with Crippen LogP contribution in [-0.2, 0) is 5.54 Å². The first-order valence-corrected chi connectivity index (χ1v) is 6.87. The Balaban J connectivity index is 2.54. The highest BCUT2D eigenvalue weighted by molar-refractivity contribution is 5.58. The van der Waals surface area contributed by atoms with Crippen molar-refractivity contribution < 1.29 is 0 Å². The van der Waals surface area contributed by atoms with Gasteiger partial charge in [-0.25, -0.2) is 4.98 Å². The van der Waals surface area contributed by atoms with Crippen molar-refractivity contribution in [2.24, 2.45) is 0 Å². The second kappa shape index (κ2) is 5.29. The number of hydrogen-bond donors (Lipinski definition) is 1. The smallest absolute Gasteiger partial charge is 0.0994 e. The Morgan fingerprint density at radius 3 is 2.55 bits per heavy atom. The lowest BCUT2D eigenvalue weighted by Crippen LogP contribution is -2.35. The van der Waals surface area contributed by atoms with E-state index in [1.165, 1.54) is 11.3 Å². The summed E-state index contributed by atoms with van der Waals surface area (Å²) in [6.45, 7) is 6.44. The van der Waals surface area contributed by atoms with Crippen molar-refractivity contribution in [2.75, 3.05) is 26.0 Å². The first-order chi connectivity index (χ1) is 9.36.